The van der Waals surface area contributed by atoms with Crippen molar-refractivity contribution in [3.05, 3.63) is 17.8 Å². The van der Waals surface area contributed by atoms with Crippen molar-refractivity contribution in [2.24, 2.45) is 17.8 Å². The zero-order valence-electron chi connectivity index (χ0n) is 18.7. The Kier molecular flexibility index (Phi) is 7.31. The Labute approximate surface area is 185 Å². The van der Waals surface area contributed by atoms with Crippen molar-refractivity contribution < 1.29 is 19.1 Å². The minimum Gasteiger partial charge on any atom is -0.483 e. The number of carbonyl (C=O) groups is 2. The van der Waals surface area contributed by atoms with Gasteiger partial charge in [-0.1, -0.05) is 38.5 Å². The monoisotopic (exact) mass is 431 g/mol. The average molecular weight is 432 g/mol. The Hall–Kier alpha value is -1.89. The number of aromatic nitrogens is 1. The Morgan fingerprint density at radius 3 is 2.58 bits per heavy atom. The quantitative estimate of drug-likeness (QED) is 0.729. The Bertz CT molecular complexity index is 745. The van der Waals surface area contributed by atoms with E-state index in [1.807, 2.05) is 6.92 Å². The second-order valence-electron chi connectivity index (χ2n) is 9.93. The molecule has 4 fully saturated rings. The van der Waals surface area contributed by atoms with Crippen LogP contribution in [0.4, 0.5) is 0 Å². The maximum atomic E-state index is 13.1. The number of rotatable bonds is 3. The zero-order valence-corrected chi connectivity index (χ0v) is 18.7. The molecule has 1 aromatic rings. The van der Waals surface area contributed by atoms with Crippen molar-refractivity contribution in [3.63, 3.8) is 0 Å². The van der Waals surface area contributed by atoms with E-state index < -0.39 is 0 Å². The fourth-order valence-corrected chi connectivity index (χ4v) is 6.79. The lowest BCUT2D eigenvalue weighted by molar-refractivity contribution is -0.122. The summed E-state index contributed by atoms with van der Waals surface area (Å²) in [6.45, 7) is 4.65. The van der Waals surface area contributed by atoms with Crippen LogP contribution in [0.3, 0.4) is 0 Å². The molecule has 1 amide bonds. The number of likely N-dealkylation sites (tertiary alicyclic amines) is 1. The zero-order chi connectivity index (χ0) is 21.8. The molecule has 3 saturated heterocycles. The summed E-state index contributed by atoms with van der Waals surface area (Å²) in [5.74, 6) is 2.83. The summed E-state index contributed by atoms with van der Waals surface area (Å²) >= 11 is 0. The van der Waals surface area contributed by atoms with E-state index in [1.165, 1.54) is 77.0 Å². The summed E-state index contributed by atoms with van der Waals surface area (Å²) in [5.41, 5.74) is 0.488. The van der Waals surface area contributed by atoms with E-state index >= 15 is 0 Å². The molecule has 4 aliphatic rings. The molecule has 0 radical (unpaired) electrons. The smallest absolute Gasteiger partial charge is 0.290 e. The summed E-state index contributed by atoms with van der Waals surface area (Å²) in [4.78, 5) is 30.8. The van der Waals surface area contributed by atoms with Gasteiger partial charge in [0.2, 0.25) is 0 Å². The summed E-state index contributed by atoms with van der Waals surface area (Å²) in [6, 6.07) is 1.37. The molecule has 7 heteroatoms. The number of aryl methyl sites for hydroxylation is 1. The Morgan fingerprint density at radius 1 is 1.16 bits per heavy atom. The molecule has 4 heterocycles. The molecule has 1 aliphatic carbocycles. The Morgan fingerprint density at radius 2 is 1.87 bits per heavy atom. The van der Waals surface area contributed by atoms with Crippen molar-refractivity contribution in [3.8, 4) is 0 Å². The van der Waals surface area contributed by atoms with Crippen LogP contribution in [0.25, 0.3) is 0 Å². The number of carboxylic acid groups (broad SMARTS) is 1. The summed E-state index contributed by atoms with van der Waals surface area (Å²) in [5, 5.41) is 6.89. The van der Waals surface area contributed by atoms with Crippen LogP contribution < -0.4 is 0 Å². The van der Waals surface area contributed by atoms with Gasteiger partial charge in [0.05, 0.1) is 0 Å². The predicted molar refractivity (Wildman–Crippen MR) is 117 cm³/mol. The maximum Gasteiger partial charge on any atom is 0.290 e. The van der Waals surface area contributed by atoms with Crippen molar-refractivity contribution in [2.45, 2.75) is 83.2 Å². The van der Waals surface area contributed by atoms with Crippen LogP contribution in [-0.2, 0) is 4.79 Å². The number of oxazole rings is 1. The molecule has 4 atom stereocenters. The first-order valence-electron chi connectivity index (χ1n) is 12.2. The van der Waals surface area contributed by atoms with E-state index in [0.717, 1.165) is 19.0 Å². The number of nitrogens with zero attached hydrogens (tertiary/aromatic N) is 3. The number of fused-ring (bicyclic) bond motifs is 4. The first-order chi connectivity index (χ1) is 15.1. The van der Waals surface area contributed by atoms with Gasteiger partial charge in [-0.15, -0.1) is 0 Å². The predicted octanol–water partition coefficient (Wildman–Crippen LogP) is 3.97. The number of hydrogen-bond acceptors (Lipinski definition) is 5. The van der Waals surface area contributed by atoms with Crippen LogP contribution >= 0.6 is 0 Å². The van der Waals surface area contributed by atoms with Crippen LogP contribution in [-0.4, -0.2) is 64.0 Å². The number of piperidine rings is 3. The standard InChI is InChI=1S/C23H35N3O2.CH2O2/c1-16-24-20(15-28-16)23(27)25-13-18-12-19(14-25)22(11-17-7-3-2-4-8-17)26-10-6-5-9-21(18)26;2-1-3/h15,17-19,21-22H,2-14H2,1H3;1H,(H,2,3)/t18-,19+,21+,22+;/m1./s1. The number of amides is 1. The molecule has 7 nitrogen and oxygen atoms in total. The minimum absolute atomic E-state index is 0.0761. The number of carbonyl (C=O) groups excluding carboxylic acids is 1. The Balaban J connectivity index is 0.000000730. The van der Waals surface area contributed by atoms with Crippen LogP contribution in [0, 0.1) is 24.7 Å². The molecule has 0 aromatic carbocycles. The maximum absolute atomic E-state index is 13.1. The average Bonchev–Trinajstić information content (AvgIpc) is 3.23. The van der Waals surface area contributed by atoms with Gasteiger partial charge in [0, 0.05) is 32.1 Å². The van der Waals surface area contributed by atoms with E-state index in [1.54, 1.807) is 0 Å². The lowest BCUT2D eigenvalue weighted by Gasteiger charge is -2.57. The fraction of sp³-hybridized carbons (Fsp3) is 0.792. The second kappa shape index (κ2) is 10.2. The van der Waals surface area contributed by atoms with E-state index in [4.69, 9.17) is 14.3 Å². The van der Waals surface area contributed by atoms with Gasteiger partial charge in [0.25, 0.3) is 12.4 Å². The highest BCUT2D eigenvalue weighted by Crippen LogP contribution is 2.44. The lowest BCUT2D eigenvalue weighted by Crippen LogP contribution is -2.64. The highest BCUT2D eigenvalue weighted by Gasteiger charge is 2.48. The van der Waals surface area contributed by atoms with Gasteiger partial charge in [0.15, 0.2) is 11.6 Å². The van der Waals surface area contributed by atoms with Gasteiger partial charge in [0.1, 0.15) is 6.26 Å². The van der Waals surface area contributed by atoms with Gasteiger partial charge in [-0.25, -0.2) is 4.98 Å². The molecular formula is C24H37N3O4. The molecule has 31 heavy (non-hydrogen) atoms. The van der Waals surface area contributed by atoms with Crippen LogP contribution in [0.1, 0.15) is 80.6 Å². The summed E-state index contributed by atoms with van der Waals surface area (Å²) < 4.78 is 5.31. The van der Waals surface area contributed by atoms with Gasteiger partial charge < -0.3 is 14.4 Å². The van der Waals surface area contributed by atoms with Gasteiger partial charge >= 0.3 is 0 Å². The van der Waals surface area contributed by atoms with Gasteiger partial charge in [-0.2, -0.15) is 0 Å². The number of hydrogen-bond donors (Lipinski definition) is 1. The lowest BCUT2D eigenvalue weighted by atomic mass is 9.69. The topological polar surface area (TPSA) is 86.9 Å². The highest BCUT2D eigenvalue weighted by atomic mass is 16.3. The van der Waals surface area contributed by atoms with E-state index in [9.17, 15) is 4.79 Å². The SMILES string of the molecule is Cc1nc(C(=O)N2C[C@H]3C[C@@H](C2)[C@H](CC2CCCCC2)N2CCCC[C@@H]32)co1.O=CO. The van der Waals surface area contributed by atoms with Gasteiger partial charge in [-0.3, -0.25) is 14.5 Å². The van der Waals surface area contributed by atoms with Crippen molar-refractivity contribution in [2.75, 3.05) is 19.6 Å². The molecule has 1 N–H and O–H groups in total. The normalized spacial score (nSPS) is 31.3. The van der Waals surface area contributed by atoms with Crippen molar-refractivity contribution in [1.82, 2.24) is 14.8 Å². The molecule has 3 aliphatic heterocycles. The van der Waals surface area contributed by atoms with E-state index in [2.05, 4.69) is 14.8 Å². The third-order valence-electron chi connectivity index (χ3n) is 8.05. The molecule has 5 rings (SSSR count). The molecule has 1 saturated carbocycles. The van der Waals surface area contributed by atoms with Gasteiger partial charge in [-0.05, 0) is 50.0 Å². The molecule has 172 valence electrons. The minimum atomic E-state index is -0.250. The molecule has 2 bridgehead atoms. The van der Waals surface area contributed by atoms with Crippen LogP contribution in [0.15, 0.2) is 10.7 Å². The summed E-state index contributed by atoms with van der Waals surface area (Å²) in [7, 11) is 0. The first-order valence-corrected chi connectivity index (χ1v) is 12.2. The molecule has 0 spiro atoms. The molecule has 0 unspecified atom stereocenters. The van der Waals surface area contributed by atoms with E-state index in [0.29, 0.717) is 35.5 Å². The molecular weight excluding hydrogens is 394 g/mol. The second-order valence-corrected chi connectivity index (χ2v) is 9.93. The molecule has 1 aromatic heterocycles. The van der Waals surface area contributed by atoms with Crippen molar-refractivity contribution >= 4 is 12.4 Å². The van der Waals surface area contributed by atoms with E-state index in [-0.39, 0.29) is 12.4 Å². The third kappa shape index (κ3) is 4.97. The largest absolute Gasteiger partial charge is 0.483 e. The third-order valence-corrected chi connectivity index (χ3v) is 8.05. The van der Waals surface area contributed by atoms with Crippen molar-refractivity contribution in [1.29, 1.82) is 0 Å². The summed E-state index contributed by atoms with van der Waals surface area (Å²) in [6.07, 6.45) is 15.4. The van der Waals surface area contributed by atoms with Crippen LogP contribution in [0.2, 0.25) is 0 Å². The highest BCUT2D eigenvalue weighted by molar-refractivity contribution is 5.92. The van der Waals surface area contributed by atoms with Crippen LogP contribution in [0.5, 0.6) is 0 Å². The fourth-order valence-electron chi connectivity index (χ4n) is 6.79. The first kappa shape index (κ1) is 22.3.